The standard InChI is InChI=1S/C21H16F4N6O2/c22-13-4-3-7-27-15(13)10-29-17(32)8-14-12(9-26)19(33)18(23)20(31-14)30-11-21(24,25)16-5-1-2-6-28-16/h1-7,18H,8,10-11H2,(H,29,32)(H,30,31). The van der Waals surface area contributed by atoms with E-state index < -0.39 is 59.7 Å². The molecule has 1 amide bonds. The van der Waals surface area contributed by atoms with E-state index in [9.17, 15) is 32.4 Å². The van der Waals surface area contributed by atoms with E-state index >= 15 is 0 Å². The minimum absolute atomic E-state index is 0.0455. The second-order valence-corrected chi connectivity index (χ2v) is 6.82. The summed E-state index contributed by atoms with van der Waals surface area (Å²) in [6.07, 6.45) is -0.598. The number of amidine groups is 1. The highest BCUT2D eigenvalue weighted by Gasteiger charge is 2.38. The highest BCUT2D eigenvalue weighted by atomic mass is 19.3. The van der Waals surface area contributed by atoms with E-state index in [0.29, 0.717) is 0 Å². The van der Waals surface area contributed by atoms with Gasteiger partial charge in [0.1, 0.15) is 35.5 Å². The number of alkyl halides is 3. The Morgan fingerprint density at radius 1 is 1.24 bits per heavy atom. The highest BCUT2D eigenvalue weighted by molar-refractivity contribution is 6.19. The predicted molar refractivity (Wildman–Crippen MR) is 107 cm³/mol. The van der Waals surface area contributed by atoms with Gasteiger partial charge in [-0.15, -0.1) is 0 Å². The topological polar surface area (TPSA) is 120 Å². The zero-order chi connectivity index (χ0) is 24.0. The Labute approximate surface area is 185 Å². The maximum absolute atomic E-state index is 14.4. The molecule has 0 fully saturated rings. The van der Waals surface area contributed by atoms with Crippen molar-refractivity contribution < 1.29 is 27.2 Å². The lowest BCUT2D eigenvalue weighted by Gasteiger charge is -2.23. The summed E-state index contributed by atoms with van der Waals surface area (Å²) in [5.41, 5.74) is -1.62. The number of hydrogen-bond acceptors (Lipinski definition) is 6. The van der Waals surface area contributed by atoms with Crippen LogP contribution in [0.2, 0.25) is 0 Å². The molecule has 0 saturated heterocycles. The van der Waals surface area contributed by atoms with E-state index in [1.165, 1.54) is 30.5 Å². The number of nitrogens with zero attached hydrogens (tertiary/aromatic N) is 4. The number of allylic oxidation sites excluding steroid dienone is 1. The number of aromatic nitrogens is 2. The molecule has 0 aromatic carbocycles. The molecule has 8 nitrogen and oxygen atoms in total. The molecule has 1 atom stereocenters. The molecule has 1 aliphatic heterocycles. The monoisotopic (exact) mass is 460 g/mol. The molecule has 2 N–H and O–H groups in total. The van der Waals surface area contributed by atoms with Gasteiger partial charge in [0, 0.05) is 18.1 Å². The molecule has 0 saturated carbocycles. The fourth-order valence-electron chi connectivity index (χ4n) is 2.85. The molecular formula is C21H16F4N6O2. The zero-order valence-corrected chi connectivity index (χ0v) is 16.9. The predicted octanol–water partition coefficient (Wildman–Crippen LogP) is 2.10. The van der Waals surface area contributed by atoms with Gasteiger partial charge in [-0.1, -0.05) is 6.07 Å². The number of aliphatic imine (C=N–C) groups is 1. The van der Waals surface area contributed by atoms with E-state index in [1.807, 2.05) is 0 Å². The van der Waals surface area contributed by atoms with Crippen LogP contribution in [0.1, 0.15) is 17.8 Å². The van der Waals surface area contributed by atoms with Crippen molar-refractivity contribution in [3.8, 4) is 6.07 Å². The number of nitriles is 1. The number of carbonyl (C=O) groups excluding carboxylic acids is 2. The lowest BCUT2D eigenvalue weighted by molar-refractivity contribution is -0.120. The minimum Gasteiger partial charge on any atom is -0.350 e. The van der Waals surface area contributed by atoms with Crippen molar-refractivity contribution in [3.63, 3.8) is 0 Å². The lowest BCUT2D eigenvalue weighted by atomic mass is 9.99. The molecule has 0 bridgehead atoms. The summed E-state index contributed by atoms with van der Waals surface area (Å²) in [5, 5.41) is 13.9. The number of ketones is 1. The smallest absolute Gasteiger partial charge is 0.308 e. The van der Waals surface area contributed by atoms with Crippen molar-refractivity contribution in [2.45, 2.75) is 25.1 Å². The van der Waals surface area contributed by atoms with Crippen LogP contribution in [0.4, 0.5) is 17.6 Å². The lowest BCUT2D eigenvalue weighted by Crippen LogP contribution is -2.45. The summed E-state index contributed by atoms with van der Waals surface area (Å²) < 4.78 is 56.7. The van der Waals surface area contributed by atoms with Gasteiger partial charge in [-0.25, -0.2) is 8.78 Å². The highest BCUT2D eigenvalue weighted by Crippen LogP contribution is 2.27. The Morgan fingerprint density at radius 2 is 2.00 bits per heavy atom. The number of carbonyl (C=O) groups is 2. The first kappa shape index (κ1) is 23.5. The van der Waals surface area contributed by atoms with E-state index in [0.717, 1.165) is 18.3 Å². The fourth-order valence-corrected chi connectivity index (χ4v) is 2.85. The number of Topliss-reactive ketones (excluding diaryl/α,β-unsaturated/α-hetero) is 1. The van der Waals surface area contributed by atoms with Gasteiger partial charge >= 0.3 is 5.92 Å². The second-order valence-electron chi connectivity index (χ2n) is 6.82. The van der Waals surface area contributed by atoms with Crippen LogP contribution in [0.5, 0.6) is 0 Å². The number of nitrogens with one attached hydrogen (secondary N) is 2. The Morgan fingerprint density at radius 3 is 2.67 bits per heavy atom. The van der Waals surface area contributed by atoms with Gasteiger partial charge in [-0.05, 0) is 24.3 Å². The number of hydrogen-bond donors (Lipinski definition) is 2. The summed E-state index contributed by atoms with van der Waals surface area (Å²) in [7, 11) is 0. The van der Waals surface area contributed by atoms with Crippen molar-refractivity contribution in [2.24, 2.45) is 4.99 Å². The third-order valence-corrected chi connectivity index (χ3v) is 4.52. The Bertz CT molecular complexity index is 1160. The van der Waals surface area contributed by atoms with Crippen LogP contribution in [-0.4, -0.2) is 40.2 Å². The first-order chi connectivity index (χ1) is 15.7. The largest absolute Gasteiger partial charge is 0.350 e. The van der Waals surface area contributed by atoms with Crippen LogP contribution >= 0.6 is 0 Å². The Hall–Kier alpha value is -4.14. The third-order valence-electron chi connectivity index (χ3n) is 4.52. The van der Waals surface area contributed by atoms with Crippen molar-refractivity contribution in [1.29, 1.82) is 5.26 Å². The normalized spacial score (nSPS) is 17.5. The van der Waals surface area contributed by atoms with Crippen molar-refractivity contribution in [2.75, 3.05) is 6.54 Å². The van der Waals surface area contributed by atoms with Gasteiger partial charge in [0.2, 0.25) is 17.9 Å². The molecule has 1 unspecified atom stereocenters. The quantitative estimate of drug-likeness (QED) is 0.611. The third kappa shape index (κ3) is 5.57. The van der Waals surface area contributed by atoms with Crippen LogP contribution < -0.4 is 10.6 Å². The van der Waals surface area contributed by atoms with Crippen LogP contribution in [0.15, 0.2) is 59.0 Å². The molecule has 12 heteroatoms. The molecule has 3 heterocycles. The maximum Gasteiger partial charge on any atom is 0.308 e. The van der Waals surface area contributed by atoms with Crippen molar-refractivity contribution >= 4 is 17.5 Å². The van der Waals surface area contributed by atoms with Crippen LogP contribution in [-0.2, 0) is 22.1 Å². The summed E-state index contributed by atoms with van der Waals surface area (Å²) in [5.74, 6) is -7.02. The number of pyridine rings is 2. The summed E-state index contributed by atoms with van der Waals surface area (Å²) in [6.45, 7) is -1.50. The molecule has 2 aromatic rings. The van der Waals surface area contributed by atoms with Gasteiger partial charge in [0.15, 0.2) is 0 Å². The summed E-state index contributed by atoms with van der Waals surface area (Å²) >= 11 is 0. The summed E-state index contributed by atoms with van der Waals surface area (Å²) in [4.78, 5) is 35.2. The molecule has 170 valence electrons. The molecule has 0 radical (unpaired) electrons. The average Bonchev–Trinajstić information content (AvgIpc) is 2.81. The van der Waals surface area contributed by atoms with Crippen LogP contribution in [0.3, 0.4) is 0 Å². The van der Waals surface area contributed by atoms with E-state index in [2.05, 4.69) is 25.6 Å². The molecule has 1 aliphatic rings. The number of amides is 1. The van der Waals surface area contributed by atoms with E-state index in [-0.39, 0.29) is 17.9 Å². The van der Waals surface area contributed by atoms with E-state index in [1.54, 1.807) is 0 Å². The number of halogens is 4. The molecule has 0 spiro atoms. The van der Waals surface area contributed by atoms with Crippen LogP contribution in [0, 0.1) is 17.1 Å². The second kappa shape index (κ2) is 9.99. The Balaban J connectivity index is 1.74. The maximum atomic E-state index is 14.4. The van der Waals surface area contributed by atoms with Gasteiger partial charge < -0.3 is 10.6 Å². The zero-order valence-electron chi connectivity index (χ0n) is 16.9. The fraction of sp³-hybridized carbons (Fsp3) is 0.238. The van der Waals surface area contributed by atoms with Gasteiger partial charge in [-0.2, -0.15) is 14.0 Å². The molecule has 2 aromatic heterocycles. The summed E-state index contributed by atoms with van der Waals surface area (Å²) in [6, 6.07) is 7.88. The van der Waals surface area contributed by atoms with Crippen LogP contribution in [0.25, 0.3) is 0 Å². The minimum atomic E-state index is -3.55. The van der Waals surface area contributed by atoms with Gasteiger partial charge in [0.05, 0.1) is 18.7 Å². The molecular weight excluding hydrogens is 444 g/mol. The first-order valence-electron chi connectivity index (χ1n) is 9.51. The van der Waals surface area contributed by atoms with Gasteiger partial charge in [0.25, 0.3) is 0 Å². The number of rotatable bonds is 7. The van der Waals surface area contributed by atoms with Crippen molar-refractivity contribution in [3.05, 3.63) is 71.2 Å². The SMILES string of the molecule is N#CC1=C(CC(=O)NCc2ncccc2F)NC(=NCC(F)(F)c2ccccn2)C(F)C1=O. The van der Waals surface area contributed by atoms with Gasteiger partial charge in [-0.3, -0.25) is 24.5 Å². The molecule has 33 heavy (non-hydrogen) atoms. The first-order valence-corrected chi connectivity index (χ1v) is 9.51. The molecule has 3 rings (SSSR count). The van der Waals surface area contributed by atoms with Crippen molar-refractivity contribution in [1.82, 2.24) is 20.6 Å². The molecule has 0 aliphatic carbocycles. The average molecular weight is 460 g/mol. The van der Waals surface area contributed by atoms with E-state index in [4.69, 9.17) is 0 Å². The Kier molecular flexibility index (Phi) is 7.12.